The van der Waals surface area contributed by atoms with Crippen molar-refractivity contribution in [2.75, 3.05) is 26.3 Å². The van der Waals surface area contributed by atoms with Crippen LogP contribution in [0.4, 0.5) is 0 Å². The molecule has 3 heterocycles. The van der Waals surface area contributed by atoms with Crippen molar-refractivity contribution in [2.45, 2.75) is 6.42 Å². The molecular formula is C19H19N3O3. The van der Waals surface area contributed by atoms with Crippen molar-refractivity contribution in [2.24, 2.45) is 5.92 Å². The van der Waals surface area contributed by atoms with E-state index in [0.29, 0.717) is 26.3 Å². The van der Waals surface area contributed by atoms with Crippen LogP contribution in [0.25, 0.3) is 11.0 Å². The third kappa shape index (κ3) is 3.53. The first-order valence-electron chi connectivity index (χ1n) is 8.40. The molecule has 6 nitrogen and oxygen atoms in total. The predicted molar refractivity (Wildman–Crippen MR) is 92.2 cm³/mol. The zero-order valence-electron chi connectivity index (χ0n) is 13.8. The lowest BCUT2D eigenvalue weighted by Gasteiger charge is -2.23. The average Bonchev–Trinajstić information content (AvgIpc) is 2.99. The second-order valence-electron chi connectivity index (χ2n) is 6.26. The molecule has 1 aliphatic heterocycles. The highest BCUT2D eigenvalue weighted by Gasteiger charge is 2.25. The van der Waals surface area contributed by atoms with Crippen molar-refractivity contribution < 1.29 is 13.9 Å². The quantitative estimate of drug-likeness (QED) is 0.735. The molecule has 2 aromatic heterocycles. The highest BCUT2D eigenvalue weighted by molar-refractivity contribution is 5.90. The summed E-state index contributed by atoms with van der Waals surface area (Å²) in [7, 11) is 0. The summed E-state index contributed by atoms with van der Waals surface area (Å²) in [6, 6.07) is 9.89. The lowest BCUT2D eigenvalue weighted by Crippen LogP contribution is -2.37. The van der Waals surface area contributed by atoms with Crippen LogP contribution in [0.3, 0.4) is 0 Å². The lowest BCUT2D eigenvalue weighted by atomic mass is 9.99. The first kappa shape index (κ1) is 15.8. The Bertz CT molecular complexity index is 862. The number of aromatic nitrogens is 2. The van der Waals surface area contributed by atoms with Crippen LogP contribution in [0.5, 0.6) is 0 Å². The van der Waals surface area contributed by atoms with Crippen molar-refractivity contribution in [3.05, 3.63) is 60.4 Å². The highest BCUT2D eigenvalue weighted by atomic mass is 16.5. The minimum atomic E-state index is -0.141. The standard InChI is InChI=1S/C19H19N3O3/c23-19(18-20-5-1-6-21-18)22-7-9-24-13-15(12-22)10-14-2-3-16-4-8-25-17(16)11-14/h1-6,8,11,15H,7,9-10,12-13H2/t15-/m1/s1. The van der Waals surface area contributed by atoms with Gasteiger partial charge in [0.2, 0.25) is 5.82 Å². The third-order valence-corrected chi connectivity index (χ3v) is 4.43. The molecule has 4 rings (SSSR count). The average molecular weight is 337 g/mol. The Morgan fingerprint density at radius 2 is 2.12 bits per heavy atom. The van der Waals surface area contributed by atoms with Gasteiger partial charge < -0.3 is 14.1 Å². The third-order valence-electron chi connectivity index (χ3n) is 4.43. The molecule has 6 heteroatoms. The van der Waals surface area contributed by atoms with Crippen LogP contribution in [-0.4, -0.2) is 47.1 Å². The molecule has 128 valence electrons. The zero-order valence-corrected chi connectivity index (χ0v) is 13.8. The molecule has 0 unspecified atom stereocenters. The molecule has 0 saturated carbocycles. The van der Waals surface area contributed by atoms with E-state index in [0.717, 1.165) is 17.4 Å². The Morgan fingerprint density at radius 3 is 3.00 bits per heavy atom. The zero-order chi connectivity index (χ0) is 17.1. The van der Waals surface area contributed by atoms with E-state index in [-0.39, 0.29) is 17.6 Å². The molecule has 3 aromatic rings. The summed E-state index contributed by atoms with van der Waals surface area (Å²) in [6.45, 7) is 2.36. The number of nitrogens with zero attached hydrogens (tertiary/aromatic N) is 3. The molecule has 0 aliphatic carbocycles. The number of rotatable bonds is 3. The largest absolute Gasteiger partial charge is 0.464 e. The number of furan rings is 1. The molecule has 25 heavy (non-hydrogen) atoms. The number of carbonyl (C=O) groups excluding carboxylic acids is 1. The van der Waals surface area contributed by atoms with Crippen LogP contribution in [0.2, 0.25) is 0 Å². The molecular weight excluding hydrogens is 318 g/mol. The van der Waals surface area contributed by atoms with Gasteiger partial charge in [0.05, 0.1) is 19.5 Å². The van der Waals surface area contributed by atoms with E-state index in [1.54, 1.807) is 29.6 Å². The Kier molecular flexibility index (Phi) is 4.43. The predicted octanol–water partition coefficient (Wildman–Crippen LogP) is 2.55. The summed E-state index contributed by atoms with van der Waals surface area (Å²) in [4.78, 5) is 22.5. The highest BCUT2D eigenvalue weighted by Crippen LogP contribution is 2.20. The summed E-state index contributed by atoms with van der Waals surface area (Å²) in [5.41, 5.74) is 2.07. The van der Waals surface area contributed by atoms with Gasteiger partial charge in [0, 0.05) is 36.8 Å². The van der Waals surface area contributed by atoms with Crippen molar-refractivity contribution in [3.63, 3.8) is 0 Å². The van der Waals surface area contributed by atoms with Crippen LogP contribution in [0, 0.1) is 5.92 Å². The summed E-state index contributed by atoms with van der Waals surface area (Å²) in [5.74, 6) is 0.320. The van der Waals surface area contributed by atoms with Crippen molar-refractivity contribution in [3.8, 4) is 0 Å². The van der Waals surface area contributed by atoms with Gasteiger partial charge in [0.25, 0.3) is 5.91 Å². The number of benzene rings is 1. The summed E-state index contributed by atoms with van der Waals surface area (Å²) >= 11 is 0. The maximum absolute atomic E-state index is 12.6. The second-order valence-corrected chi connectivity index (χ2v) is 6.26. The monoisotopic (exact) mass is 337 g/mol. The van der Waals surface area contributed by atoms with Crippen molar-refractivity contribution in [1.82, 2.24) is 14.9 Å². The Hall–Kier alpha value is -2.73. The molecule has 0 bridgehead atoms. The van der Waals surface area contributed by atoms with Gasteiger partial charge in [-0.25, -0.2) is 9.97 Å². The first-order valence-corrected chi connectivity index (χ1v) is 8.40. The number of amides is 1. The van der Waals surface area contributed by atoms with Gasteiger partial charge in [-0.1, -0.05) is 12.1 Å². The van der Waals surface area contributed by atoms with Crippen LogP contribution in [-0.2, 0) is 11.2 Å². The van der Waals surface area contributed by atoms with Crippen LogP contribution >= 0.6 is 0 Å². The molecule has 1 saturated heterocycles. The molecule has 0 N–H and O–H groups in total. The Labute approximate surface area is 145 Å². The van der Waals surface area contributed by atoms with Gasteiger partial charge in [0.15, 0.2) is 0 Å². The SMILES string of the molecule is O=C(c1ncccn1)N1CCOC[C@H](Cc2ccc3ccoc3c2)C1. The van der Waals surface area contributed by atoms with Crippen molar-refractivity contribution >= 4 is 16.9 Å². The fraction of sp³-hybridized carbons (Fsp3) is 0.316. The number of carbonyl (C=O) groups is 1. The number of ether oxygens (including phenoxy) is 1. The number of hydrogen-bond acceptors (Lipinski definition) is 5. The van der Waals surface area contributed by atoms with Gasteiger partial charge in [-0.15, -0.1) is 0 Å². The fourth-order valence-corrected chi connectivity index (χ4v) is 3.20. The molecule has 1 aromatic carbocycles. The van der Waals surface area contributed by atoms with E-state index in [9.17, 15) is 4.79 Å². The Balaban J connectivity index is 1.48. The van der Waals surface area contributed by atoms with Crippen LogP contribution < -0.4 is 0 Å². The van der Waals surface area contributed by atoms with E-state index in [4.69, 9.17) is 9.15 Å². The lowest BCUT2D eigenvalue weighted by molar-refractivity contribution is 0.0725. The molecule has 0 radical (unpaired) electrons. The fourth-order valence-electron chi connectivity index (χ4n) is 3.20. The maximum Gasteiger partial charge on any atom is 0.291 e. The number of fused-ring (bicyclic) bond motifs is 1. The van der Waals surface area contributed by atoms with E-state index >= 15 is 0 Å². The Morgan fingerprint density at radius 1 is 1.24 bits per heavy atom. The summed E-state index contributed by atoms with van der Waals surface area (Å²) in [6.07, 6.45) is 5.70. The van der Waals surface area contributed by atoms with E-state index in [1.807, 2.05) is 6.07 Å². The van der Waals surface area contributed by atoms with E-state index < -0.39 is 0 Å². The summed E-state index contributed by atoms with van der Waals surface area (Å²) in [5, 5.41) is 1.10. The van der Waals surface area contributed by atoms with Crippen LogP contribution in [0.1, 0.15) is 16.2 Å². The second kappa shape index (κ2) is 7.03. The van der Waals surface area contributed by atoms with Gasteiger partial charge in [-0.3, -0.25) is 4.79 Å². The van der Waals surface area contributed by atoms with Crippen LogP contribution in [0.15, 0.2) is 53.4 Å². The first-order chi connectivity index (χ1) is 12.3. The minimum absolute atomic E-state index is 0.141. The van der Waals surface area contributed by atoms with E-state index in [2.05, 4.69) is 28.2 Å². The van der Waals surface area contributed by atoms with Gasteiger partial charge >= 0.3 is 0 Å². The van der Waals surface area contributed by atoms with E-state index in [1.165, 1.54) is 5.56 Å². The molecule has 1 aliphatic rings. The molecule has 1 atom stereocenters. The number of hydrogen-bond donors (Lipinski definition) is 0. The normalized spacial score (nSPS) is 18.2. The molecule has 1 fully saturated rings. The summed E-state index contributed by atoms with van der Waals surface area (Å²) < 4.78 is 11.2. The molecule has 1 amide bonds. The minimum Gasteiger partial charge on any atom is -0.464 e. The smallest absolute Gasteiger partial charge is 0.291 e. The maximum atomic E-state index is 12.6. The van der Waals surface area contributed by atoms with Crippen molar-refractivity contribution in [1.29, 1.82) is 0 Å². The topological polar surface area (TPSA) is 68.5 Å². The van der Waals surface area contributed by atoms with Gasteiger partial charge in [-0.05, 0) is 30.2 Å². The van der Waals surface area contributed by atoms with Gasteiger partial charge in [0.1, 0.15) is 5.58 Å². The molecule has 0 spiro atoms. The van der Waals surface area contributed by atoms with Gasteiger partial charge in [-0.2, -0.15) is 0 Å².